The maximum atomic E-state index is 9.28. The van der Waals surface area contributed by atoms with Crippen molar-refractivity contribution in [1.82, 2.24) is 9.47 Å². The molecule has 20 heavy (non-hydrogen) atoms. The zero-order valence-electron chi connectivity index (χ0n) is 12.3. The van der Waals surface area contributed by atoms with Gasteiger partial charge >= 0.3 is 0 Å². The van der Waals surface area contributed by atoms with Crippen molar-refractivity contribution in [3.8, 4) is 0 Å². The second kappa shape index (κ2) is 5.98. The maximum Gasteiger partial charge on any atom is 0.0682 e. The van der Waals surface area contributed by atoms with Gasteiger partial charge in [0.2, 0.25) is 0 Å². The van der Waals surface area contributed by atoms with E-state index in [0.717, 1.165) is 18.2 Å². The highest BCUT2D eigenvalue weighted by Crippen LogP contribution is 2.22. The van der Waals surface area contributed by atoms with E-state index in [4.69, 9.17) is 0 Å². The number of aliphatic hydroxyl groups excluding tert-OH is 1. The van der Waals surface area contributed by atoms with Crippen molar-refractivity contribution < 1.29 is 5.11 Å². The van der Waals surface area contributed by atoms with Gasteiger partial charge in [0.15, 0.2) is 0 Å². The lowest BCUT2D eigenvalue weighted by Crippen LogP contribution is -2.36. The van der Waals surface area contributed by atoms with E-state index in [1.165, 1.54) is 43.1 Å². The fourth-order valence-electron chi connectivity index (χ4n) is 3.32. The summed E-state index contributed by atoms with van der Waals surface area (Å²) in [4.78, 5) is 2.51. The number of hydrogen-bond acceptors (Lipinski definition) is 2. The molecule has 1 N–H and O–H groups in total. The molecule has 2 aromatic rings. The van der Waals surface area contributed by atoms with Crippen LogP contribution in [0.25, 0.3) is 10.9 Å². The first-order chi connectivity index (χ1) is 9.78. The van der Waals surface area contributed by atoms with Gasteiger partial charge < -0.3 is 14.6 Å². The molecule has 0 aliphatic carbocycles. The number of fused-ring (bicyclic) bond motifs is 1. The average Bonchev–Trinajstić information content (AvgIpc) is 2.88. The smallest absolute Gasteiger partial charge is 0.0682 e. The largest absolute Gasteiger partial charge is 0.392 e. The second-order valence-electron chi connectivity index (χ2n) is 5.98. The van der Waals surface area contributed by atoms with Crippen molar-refractivity contribution in [2.45, 2.75) is 44.9 Å². The minimum atomic E-state index is 0.118. The van der Waals surface area contributed by atoms with Gasteiger partial charge in [-0.3, -0.25) is 0 Å². The first kappa shape index (κ1) is 13.7. The number of rotatable bonds is 4. The van der Waals surface area contributed by atoms with E-state index >= 15 is 0 Å². The maximum absolute atomic E-state index is 9.28. The van der Waals surface area contributed by atoms with Gasteiger partial charge in [-0.1, -0.05) is 18.6 Å². The molecule has 108 valence electrons. The minimum absolute atomic E-state index is 0.118. The highest BCUT2D eigenvalue weighted by atomic mass is 16.3. The van der Waals surface area contributed by atoms with Gasteiger partial charge in [0.05, 0.1) is 6.61 Å². The fraction of sp³-hybridized carbons (Fsp3) is 0.529. The first-order valence-electron chi connectivity index (χ1n) is 7.67. The Morgan fingerprint density at radius 3 is 2.95 bits per heavy atom. The molecule has 0 radical (unpaired) electrons. The number of aromatic nitrogens is 1. The van der Waals surface area contributed by atoms with Crippen LogP contribution in [0, 0.1) is 0 Å². The summed E-state index contributed by atoms with van der Waals surface area (Å²) in [5, 5.41) is 10.5. The quantitative estimate of drug-likeness (QED) is 0.926. The van der Waals surface area contributed by atoms with Crippen LogP contribution in [0.1, 0.15) is 31.2 Å². The molecule has 0 spiro atoms. The highest BCUT2D eigenvalue weighted by molar-refractivity contribution is 5.80. The molecular formula is C17H24N2O. The van der Waals surface area contributed by atoms with Crippen LogP contribution in [0.4, 0.5) is 0 Å². The summed E-state index contributed by atoms with van der Waals surface area (Å²) in [6.07, 6.45) is 7.44. The summed E-state index contributed by atoms with van der Waals surface area (Å²) in [5.74, 6) is 0. The molecule has 0 amide bonds. The number of aryl methyl sites for hydroxylation is 1. The molecule has 1 aromatic heterocycles. The predicted molar refractivity (Wildman–Crippen MR) is 82.7 cm³/mol. The topological polar surface area (TPSA) is 28.4 Å². The third-order valence-electron chi connectivity index (χ3n) is 4.65. The molecule has 3 heteroatoms. The lowest BCUT2D eigenvalue weighted by atomic mass is 10.0. The van der Waals surface area contributed by atoms with Crippen LogP contribution < -0.4 is 0 Å². The number of hydrogen-bond donors (Lipinski definition) is 1. The number of likely N-dealkylation sites (tertiary alicyclic amines) is 1. The Morgan fingerprint density at radius 1 is 1.25 bits per heavy atom. The summed E-state index contributed by atoms with van der Waals surface area (Å²) in [6, 6.07) is 9.11. The summed E-state index contributed by atoms with van der Waals surface area (Å²) in [6.45, 7) is 2.42. The summed E-state index contributed by atoms with van der Waals surface area (Å²) >= 11 is 0. The Bertz CT molecular complexity index is 575. The number of benzene rings is 1. The molecule has 3 nitrogen and oxygen atoms in total. The van der Waals surface area contributed by atoms with E-state index < -0.39 is 0 Å². The Labute approximate surface area is 120 Å². The first-order valence-corrected chi connectivity index (χ1v) is 7.67. The van der Waals surface area contributed by atoms with Crippen LogP contribution in [0.15, 0.2) is 30.5 Å². The molecule has 1 atom stereocenters. The molecule has 0 saturated carbocycles. The molecule has 1 fully saturated rings. The van der Waals surface area contributed by atoms with Crippen LogP contribution in [0.5, 0.6) is 0 Å². The molecule has 2 heterocycles. The van der Waals surface area contributed by atoms with E-state index in [1.54, 1.807) is 0 Å². The standard InChI is InChI=1S/C17H24N2O/c1-18-9-3-2-4-16(18)8-11-19-10-7-15-6-5-14(13-20)12-17(15)19/h5-7,10,12,16,20H,2-4,8-9,11,13H2,1H3. The van der Waals surface area contributed by atoms with Crippen LogP contribution in [-0.4, -0.2) is 34.2 Å². The van der Waals surface area contributed by atoms with E-state index in [-0.39, 0.29) is 6.61 Å². The van der Waals surface area contributed by atoms with Gasteiger partial charge in [-0.2, -0.15) is 0 Å². The normalized spacial score (nSPS) is 20.6. The molecule has 3 rings (SSSR count). The lowest BCUT2D eigenvalue weighted by molar-refractivity contribution is 0.171. The fourth-order valence-corrected chi connectivity index (χ4v) is 3.32. The van der Waals surface area contributed by atoms with Crippen molar-refractivity contribution >= 4 is 10.9 Å². The molecule has 0 bridgehead atoms. The minimum Gasteiger partial charge on any atom is -0.392 e. The van der Waals surface area contributed by atoms with Crippen molar-refractivity contribution in [2.24, 2.45) is 0 Å². The van der Waals surface area contributed by atoms with Gasteiger partial charge in [-0.05, 0) is 55.9 Å². The number of piperidine rings is 1. The van der Waals surface area contributed by atoms with Gasteiger partial charge in [-0.15, -0.1) is 0 Å². The van der Waals surface area contributed by atoms with E-state index in [1.807, 2.05) is 6.07 Å². The van der Waals surface area contributed by atoms with Crippen LogP contribution in [-0.2, 0) is 13.2 Å². The van der Waals surface area contributed by atoms with Gasteiger partial charge in [0.25, 0.3) is 0 Å². The van der Waals surface area contributed by atoms with Gasteiger partial charge in [-0.25, -0.2) is 0 Å². The highest BCUT2D eigenvalue weighted by Gasteiger charge is 2.18. The second-order valence-corrected chi connectivity index (χ2v) is 5.98. The monoisotopic (exact) mass is 272 g/mol. The summed E-state index contributed by atoms with van der Waals surface area (Å²) in [5.41, 5.74) is 2.24. The molecule has 1 saturated heterocycles. The summed E-state index contributed by atoms with van der Waals surface area (Å²) in [7, 11) is 2.25. The van der Waals surface area contributed by atoms with E-state index in [9.17, 15) is 5.11 Å². The van der Waals surface area contributed by atoms with Crippen LogP contribution in [0.3, 0.4) is 0 Å². The molecule has 1 aliphatic heterocycles. The Kier molecular flexibility index (Phi) is 4.08. The summed E-state index contributed by atoms with van der Waals surface area (Å²) < 4.78 is 2.33. The van der Waals surface area contributed by atoms with Crippen molar-refractivity contribution in [3.05, 3.63) is 36.0 Å². The Balaban J connectivity index is 1.73. The van der Waals surface area contributed by atoms with Crippen molar-refractivity contribution in [1.29, 1.82) is 0 Å². The Morgan fingerprint density at radius 2 is 2.15 bits per heavy atom. The van der Waals surface area contributed by atoms with Crippen LogP contribution >= 0.6 is 0 Å². The molecule has 1 unspecified atom stereocenters. The SMILES string of the molecule is CN1CCCCC1CCn1ccc2ccc(CO)cc21. The van der Waals surface area contributed by atoms with Gasteiger partial charge in [0.1, 0.15) is 0 Å². The third kappa shape index (κ3) is 2.74. The predicted octanol–water partition coefficient (Wildman–Crippen LogP) is 3.01. The van der Waals surface area contributed by atoms with Crippen molar-refractivity contribution in [3.63, 3.8) is 0 Å². The zero-order valence-corrected chi connectivity index (χ0v) is 12.3. The average molecular weight is 272 g/mol. The van der Waals surface area contributed by atoms with Crippen LogP contribution in [0.2, 0.25) is 0 Å². The Hall–Kier alpha value is -1.32. The van der Waals surface area contributed by atoms with Crippen molar-refractivity contribution in [2.75, 3.05) is 13.6 Å². The lowest BCUT2D eigenvalue weighted by Gasteiger charge is -2.32. The third-order valence-corrected chi connectivity index (χ3v) is 4.65. The molecule has 1 aliphatic rings. The van der Waals surface area contributed by atoms with Gasteiger partial charge in [0, 0.05) is 24.3 Å². The van der Waals surface area contributed by atoms with E-state index in [2.05, 4.69) is 40.9 Å². The molecular weight excluding hydrogens is 248 g/mol. The zero-order chi connectivity index (χ0) is 13.9. The van der Waals surface area contributed by atoms with E-state index in [0.29, 0.717) is 0 Å². The molecule has 1 aromatic carbocycles. The number of nitrogens with zero attached hydrogens (tertiary/aromatic N) is 2. The number of aliphatic hydroxyl groups is 1.